The van der Waals surface area contributed by atoms with Crippen molar-refractivity contribution in [3.8, 4) is 0 Å². The molecule has 3 N–H and O–H groups in total. The van der Waals surface area contributed by atoms with E-state index < -0.39 is 16.7 Å². The molecule has 2 heterocycles. The van der Waals surface area contributed by atoms with Crippen molar-refractivity contribution in [2.75, 3.05) is 26.3 Å². The van der Waals surface area contributed by atoms with Gasteiger partial charge in [0.1, 0.15) is 11.2 Å². The van der Waals surface area contributed by atoms with Crippen molar-refractivity contribution < 1.29 is 19.4 Å². The number of nitrogens with zero attached hydrogens (tertiary/aromatic N) is 1. The summed E-state index contributed by atoms with van der Waals surface area (Å²) in [6.07, 6.45) is 1.03. The van der Waals surface area contributed by atoms with Crippen molar-refractivity contribution in [1.82, 2.24) is 4.90 Å². The molecule has 1 unspecified atom stereocenters. The van der Waals surface area contributed by atoms with Crippen LogP contribution < -0.4 is 5.73 Å². The third kappa shape index (κ3) is 2.85. The van der Waals surface area contributed by atoms with Gasteiger partial charge in [0.2, 0.25) is 0 Å². The van der Waals surface area contributed by atoms with Crippen LogP contribution >= 0.6 is 0 Å². The van der Waals surface area contributed by atoms with Crippen LogP contribution in [0.25, 0.3) is 0 Å². The van der Waals surface area contributed by atoms with E-state index in [-0.39, 0.29) is 12.7 Å². The molecule has 0 aliphatic carbocycles. The van der Waals surface area contributed by atoms with Crippen LogP contribution in [0.3, 0.4) is 0 Å². The summed E-state index contributed by atoms with van der Waals surface area (Å²) in [6.45, 7) is 6.98. The third-order valence-electron chi connectivity index (χ3n) is 3.74. The molecule has 2 aliphatic heterocycles. The van der Waals surface area contributed by atoms with Crippen LogP contribution in [-0.4, -0.2) is 59.1 Å². The maximum Gasteiger partial charge on any atom is 0.410 e. The van der Waals surface area contributed by atoms with Crippen LogP contribution in [0.15, 0.2) is 0 Å². The third-order valence-corrected chi connectivity index (χ3v) is 3.74. The van der Waals surface area contributed by atoms with Crippen molar-refractivity contribution in [2.45, 2.75) is 50.4 Å². The fraction of sp³-hybridized carbons (Fsp3) is 0.923. The average molecular weight is 272 g/mol. The SMILES string of the molecule is CC(C)(C)OC(=O)N1CC(N)(C2(O)CCCOC2)C1. The molecule has 0 spiro atoms. The molecule has 110 valence electrons. The second kappa shape index (κ2) is 4.61. The number of hydrogen-bond donors (Lipinski definition) is 2. The van der Waals surface area contributed by atoms with Crippen molar-refractivity contribution >= 4 is 6.09 Å². The predicted molar refractivity (Wildman–Crippen MR) is 69.7 cm³/mol. The number of hydrogen-bond acceptors (Lipinski definition) is 5. The van der Waals surface area contributed by atoms with E-state index >= 15 is 0 Å². The molecule has 0 aromatic carbocycles. The maximum absolute atomic E-state index is 11.9. The quantitative estimate of drug-likeness (QED) is 0.725. The van der Waals surface area contributed by atoms with E-state index in [9.17, 15) is 9.90 Å². The Morgan fingerprint density at radius 3 is 2.53 bits per heavy atom. The molecule has 0 radical (unpaired) electrons. The number of rotatable bonds is 1. The lowest BCUT2D eigenvalue weighted by Gasteiger charge is -2.56. The van der Waals surface area contributed by atoms with Gasteiger partial charge in [-0.3, -0.25) is 0 Å². The molecule has 6 heteroatoms. The van der Waals surface area contributed by atoms with E-state index in [0.717, 1.165) is 6.42 Å². The zero-order chi connectivity index (χ0) is 14.3. The highest BCUT2D eigenvalue weighted by Crippen LogP contribution is 2.36. The number of nitrogens with two attached hydrogens (primary N) is 1. The summed E-state index contributed by atoms with van der Waals surface area (Å²) in [7, 11) is 0. The van der Waals surface area contributed by atoms with E-state index in [1.54, 1.807) is 0 Å². The van der Waals surface area contributed by atoms with Gasteiger partial charge in [0, 0.05) is 19.7 Å². The summed E-state index contributed by atoms with van der Waals surface area (Å²) in [6, 6.07) is 0. The molecule has 0 aromatic rings. The van der Waals surface area contributed by atoms with Crippen molar-refractivity contribution in [3.05, 3.63) is 0 Å². The van der Waals surface area contributed by atoms with Gasteiger partial charge in [0.15, 0.2) is 0 Å². The minimum absolute atomic E-state index is 0.242. The lowest BCUT2D eigenvalue weighted by Crippen LogP contribution is -2.80. The van der Waals surface area contributed by atoms with Crippen LogP contribution in [0, 0.1) is 0 Å². The van der Waals surface area contributed by atoms with Crippen LogP contribution in [-0.2, 0) is 9.47 Å². The molecule has 2 fully saturated rings. The summed E-state index contributed by atoms with van der Waals surface area (Å²) in [5, 5.41) is 10.6. The normalized spacial score (nSPS) is 30.7. The number of carbonyl (C=O) groups excluding carboxylic acids is 1. The summed E-state index contributed by atoms with van der Waals surface area (Å²) in [4.78, 5) is 13.4. The van der Waals surface area contributed by atoms with Crippen molar-refractivity contribution in [1.29, 1.82) is 0 Å². The molecule has 1 amide bonds. The Hall–Kier alpha value is -0.850. The first kappa shape index (κ1) is 14.6. The van der Waals surface area contributed by atoms with Gasteiger partial charge in [0.05, 0.1) is 12.1 Å². The highest BCUT2D eigenvalue weighted by molar-refractivity contribution is 5.70. The Bertz CT molecular complexity index is 352. The lowest BCUT2D eigenvalue weighted by molar-refractivity contribution is -0.163. The predicted octanol–water partition coefficient (Wildman–Crippen LogP) is 0.476. The van der Waals surface area contributed by atoms with Gasteiger partial charge in [0.25, 0.3) is 0 Å². The van der Waals surface area contributed by atoms with Crippen LogP contribution in [0.1, 0.15) is 33.6 Å². The first-order valence-electron chi connectivity index (χ1n) is 6.72. The van der Waals surface area contributed by atoms with Gasteiger partial charge >= 0.3 is 6.09 Å². The summed E-state index contributed by atoms with van der Waals surface area (Å²) < 4.78 is 10.6. The van der Waals surface area contributed by atoms with Gasteiger partial charge in [-0.2, -0.15) is 0 Å². The standard InChI is InChI=1S/C13H24N2O4/c1-11(2,3)19-10(16)15-7-12(14,8-15)13(17)5-4-6-18-9-13/h17H,4-9,14H2,1-3H3. The molecule has 19 heavy (non-hydrogen) atoms. The zero-order valence-corrected chi connectivity index (χ0v) is 11.9. The highest BCUT2D eigenvalue weighted by atomic mass is 16.6. The smallest absolute Gasteiger partial charge is 0.410 e. The van der Waals surface area contributed by atoms with E-state index in [1.165, 1.54) is 4.90 Å². The van der Waals surface area contributed by atoms with E-state index in [4.69, 9.17) is 15.2 Å². The molecule has 2 saturated heterocycles. The minimum atomic E-state index is -1.04. The molecule has 6 nitrogen and oxygen atoms in total. The summed E-state index contributed by atoms with van der Waals surface area (Å²) in [5.41, 5.74) is 3.88. The van der Waals surface area contributed by atoms with Crippen molar-refractivity contribution in [3.63, 3.8) is 0 Å². The van der Waals surface area contributed by atoms with Crippen LogP contribution in [0.2, 0.25) is 0 Å². The molecule has 1 atom stereocenters. The number of ether oxygens (including phenoxy) is 2. The number of carbonyl (C=O) groups is 1. The second-order valence-electron chi connectivity index (χ2n) is 6.68. The summed E-state index contributed by atoms with van der Waals surface area (Å²) >= 11 is 0. The fourth-order valence-electron chi connectivity index (χ4n) is 2.56. The molecule has 0 saturated carbocycles. The Labute approximate surface area is 113 Å². The number of aliphatic hydroxyl groups is 1. The minimum Gasteiger partial charge on any atom is -0.444 e. The van der Waals surface area contributed by atoms with E-state index in [0.29, 0.717) is 26.1 Å². The van der Waals surface area contributed by atoms with Gasteiger partial charge < -0.3 is 25.2 Å². The zero-order valence-electron chi connectivity index (χ0n) is 11.9. The van der Waals surface area contributed by atoms with Gasteiger partial charge in [-0.25, -0.2) is 4.79 Å². The van der Waals surface area contributed by atoms with Gasteiger partial charge in [-0.05, 0) is 33.6 Å². The number of likely N-dealkylation sites (tertiary alicyclic amines) is 1. The molecular formula is C13H24N2O4. The topological polar surface area (TPSA) is 85.0 Å². The Morgan fingerprint density at radius 2 is 2.05 bits per heavy atom. The molecule has 2 aliphatic rings. The van der Waals surface area contributed by atoms with Crippen LogP contribution in [0.5, 0.6) is 0 Å². The van der Waals surface area contributed by atoms with E-state index in [2.05, 4.69) is 0 Å². The van der Waals surface area contributed by atoms with E-state index in [1.807, 2.05) is 20.8 Å². The Morgan fingerprint density at radius 1 is 1.42 bits per heavy atom. The highest BCUT2D eigenvalue weighted by Gasteiger charge is 2.57. The first-order chi connectivity index (χ1) is 8.65. The molecule has 2 rings (SSSR count). The number of amides is 1. The Kier molecular flexibility index (Phi) is 3.53. The monoisotopic (exact) mass is 272 g/mol. The lowest BCUT2D eigenvalue weighted by atomic mass is 9.72. The van der Waals surface area contributed by atoms with Gasteiger partial charge in [-0.1, -0.05) is 0 Å². The van der Waals surface area contributed by atoms with Gasteiger partial charge in [-0.15, -0.1) is 0 Å². The fourth-order valence-corrected chi connectivity index (χ4v) is 2.56. The molecular weight excluding hydrogens is 248 g/mol. The van der Waals surface area contributed by atoms with Crippen LogP contribution in [0.4, 0.5) is 4.79 Å². The van der Waals surface area contributed by atoms with Crippen molar-refractivity contribution in [2.24, 2.45) is 5.73 Å². The molecule has 0 bridgehead atoms. The first-order valence-corrected chi connectivity index (χ1v) is 6.72. The molecule has 0 aromatic heterocycles. The largest absolute Gasteiger partial charge is 0.444 e. The maximum atomic E-state index is 11.9. The summed E-state index contributed by atoms with van der Waals surface area (Å²) in [5.74, 6) is 0. The average Bonchev–Trinajstić information content (AvgIpc) is 2.23. The Balaban J connectivity index is 1.92. The second-order valence-corrected chi connectivity index (χ2v) is 6.68.